The summed E-state index contributed by atoms with van der Waals surface area (Å²) in [7, 11) is 0. The average molecular weight is 739 g/mol. The van der Waals surface area contributed by atoms with Crippen LogP contribution in [-0.2, 0) is 0 Å². The predicted molar refractivity (Wildman–Crippen MR) is 242 cm³/mol. The van der Waals surface area contributed by atoms with Crippen LogP contribution in [0.25, 0.3) is 110 Å². The fourth-order valence-corrected chi connectivity index (χ4v) is 8.99. The number of para-hydroxylation sites is 3. The third-order valence-electron chi connectivity index (χ3n) is 11.7. The maximum absolute atomic E-state index is 5.55. The number of nitrogens with zero attached hydrogens (tertiary/aromatic N) is 4. The molecule has 0 saturated heterocycles. The summed E-state index contributed by atoms with van der Waals surface area (Å²) in [5, 5.41) is 8.27. The van der Waals surface area contributed by atoms with Crippen molar-refractivity contribution < 1.29 is 0 Å². The van der Waals surface area contributed by atoms with Gasteiger partial charge in [0.05, 0.1) is 33.3 Å². The summed E-state index contributed by atoms with van der Waals surface area (Å²) in [4.78, 5) is 10.8. The zero-order valence-electron chi connectivity index (χ0n) is 31.4. The summed E-state index contributed by atoms with van der Waals surface area (Å²) >= 11 is 0. The predicted octanol–water partition coefficient (Wildman–Crippen LogP) is 14.0. The quantitative estimate of drug-likeness (QED) is 0.165. The normalized spacial score (nSPS) is 11.8. The van der Waals surface area contributed by atoms with Crippen molar-refractivity contribution in [2.75, 3.05) is 0 Å². The lowest BCUT2D eigenvalue weighted by Gasteiger charge is -2.13. The lowest BCUT2D eigenvalue weighted by atomic mass is 9.98. The van der Waals surface area contributed by atoms with Gasteiger partial charge in [0.1, 0.15) is 5.82 Å². The SMILES string of the molecule is c1ccc(-c2nc3c(ccc4c5cc(-c6cccc(-c7nc8ccccc8n7-c7ccc8ccccc8c7)c6)ccc5n(-c5ccccc5)c43)c3ccccc23)cc1. The molecule has 0 aliphatic heterocycles. The lowest BCUT2D eigenvalue weighted by molar-refractivity contribution is 1.11. The molecule has 270 valence electrons. The molecule has 3 heterocycles. The first kappa shape index (κ1) is 32.4. The van der Waals surface area contributed by atoms with Crippen molar-refractivity contribution >= 4 is 65.3 Å². The minimum absolute atomic E-state index is 0.916. The van der Waals surface area contributed by atoms with Crippen molar-refractivity contribution in [3.8, 4) is 45.1 Å². The highest BCUT2D eigenvalue weighted by molar-refractivity contribution is 6.23. The van der Waals surface area contributed by atoms with Gasteiger partial charge in [-0.15, -0.1) is 0 Å². The van der Waals surface area contributed by atoms with Gasteiger partial charge in [-0.2, -0.15) is 0 Å². The second kappa shape index (κ2) is 12.9. The Kier molecular flexibility index (Phi) is 7.20. The lowest BCUT2D eigenvalue weighted by Crippen LogP contribution is -1.98. The molecule has 0 fully saturated rings. The summed E-state index contributed by atoms with van der Waals surface area (Å²) in [6.45, 7) is 0. The minimum Gasteiger partial charge on any atom is -0.307 e. The van der Waals surface area contributed by atoms with Gasteiger partial charge in [0.2, 0.25) is 0 Å². The van der Waals surface area contributed by atoms with E-state index in [1.54, 1.807) is 0 Å². The first-order valence-electron chi connectivity index (χ1n) is 19.7. The minimum atomic E-state index is 0.916. The van der Waals surface area contributed by atoms with Gasteiger partial charge in [-0.25, -0.2) is 9.97 Å². The van der Waals surface area contributed by atoms with Crippen molar-refractivity contribution in [3.63, 3.8) is 0 Å². The molecule has 3 aromatic heterocycles. The second-order valence-electron chi connectivity index (χ2n) is 15.0. The highest BCUT2D eigenvalue weighted by Gasteiger charge is 2.20. The Balaban J connectivity index is 1.08. The molecule has 4 heteroatoms. The highest BCUT2D eigenvalue weighted by Crippen LogP contribution is 2.42. The molecule has 12 aromatic rings. The third kappa shape index (κ3) is 5.02. The van der Waals surface area contributed by atoms with Gasteiger partial charge < -0.3 is 4.57 Å². The molecule has 0 amide bonds. The number of rotatable bonds is 5. The molecule has 0 saturated carbocycles. The number of benzene rings is 9. The van der Waals surface area contributed by atoms with E-state index in [0.717, 1.165) is 83.5 Å². The van der Waals surface area contributed by atoms with Crippen LogP contribution in [0.15, 0.2) is 206 Å². The molecular weight excluding hydrogens is 705 g/mol. The summed E-state index contributed by atoms with van der Waals surface area (Å²) in [5.74, 6) is 0.916. The molecule has 0 radical (unpaired) electrons. The smallest absolute Gasteiger partial charge is 0.145 e. The van der Waals surface area contributed by atoms with Crippen LogP contribution in [0.5, 0.6) is 0 Å². The van der Waals surface area contributed by atoms with Crippen molar-refractivity contribution in [2.24, 2.45) is 0 Å². The van der Waals surface area contributed by atoms with E-state index in [0.29, 0.717) is 0 Å². The van der Waals surface area contributed by atoms with Crippen molar-refractivity contribution in [1.82, 2.24) is 19.1 Å². The topological polar surface area (TPSA) is 35.6 Å². The first-order chi connectivity index (χ1) is 28.8. The molecule has 58 heavy (non-hydrogen) atoms. The largest absolute Gasteiger partial charge is 0.307 e. The fourth-order valence-electron chi connectivity index (χ4n) is 8.99. The molecule has 0 aliphatic carbocycles. The van der Waals surface area contributed by atoms with Crippen LogP contribution in [0.3, 0.4) is 0 Å². The number of pyridine rings is 1. The zero-order valence-corrected chi connectivity index (χ0v) is 31.4. The summed E-state index contributed by atoms with van der Waals surface area (Å²) in [6, 6.07) is 73.7. The Labute approximate surface area is 334 Å². The maximum atomic E-state index is 5.55. The average Bonchev–Trinajstić information content (AvgIpc) is 3.86. The molecular formula is C54H34N4. The maximum Gasteiger partial charge on any atom is 0.145 e. The molecule has 12 rings (SSSR count). The monoisotopic (exact) mass is 738 g/mol. The van der Waals surface area contributed by atoms with E-state index < -0.39 is 0 Å². The van der Waals surface area contributed by atoms with Crippen LogP contribution in [0.1, 0.15) is 0 Å². The summed E-state index contributed by atoms with van der Waals surface area (Å²) in [5.41, 5.74) is 12.9. The van der Waals surface area contributed by atoms with Gasteiger partial charge in [0.15, 0.2) is 0 Å². The van der Waals surface area contributed by atoms with E-state index in [9.17, 15) is 0 Å². The number of fused-ring (bicyclic) bond motifs is 9. The van der Waals surface area contributed by atoms with Crippen molar-refractivity contribution in [1.29, 1.82) is 0 Å². The summed E-state index contributed by atoms with van der Waals surface area (Å²) in [6.07, 6.45) is 0. The molecule has 9 aromatic carbocycles. The van der Waals surface area contributed by atoms with Crippen LogP contribution < -0.4 is 0 Å². The number of aromatic nitrogens is 4. The molecule has 0 atom stereocenters. The molecule has 0 spiro atoms. The zero-order chi connectivity index (χ0) is 38.2. The number of hydrogen-bond acceptors (Lipinski definition) is 2. The Morgan fingerprint density at radius 2 is 1.02 bits per heavy atom. The van der Waals surface area contributed by atoms with Crippen molar-refractivity contribution in [2.45, 2.75) is 0 Å². The van der Waals surface area contributed by atoms with Gasteiger partial charge >= 0.3 is 0 Å². The van der Waals surface area contributed by atoms with Crippen LogP contribution in [0, 0.1) is 0 Å². The highest BCUT2D eigenvalue weighted by atomic mass is 15.1. The van der Waals surface area contributed by atoms with Gasteiger partial charge in [-0.05, 0) is 81.9 Å². The summed E-state index contributed by atoms with van der Waals surface area (Å²) < 4.78 is 4.69. The Morgan fingerprint density at radius 1 is 0.328 bits per heavy atom. The van der Waals surface area contributed by atoms with Gasteiger partial charge in [-0.3, -0.25) is 4.57 Å². The van der Waals surface area contributed by atoms with E-state index in [-0.39, 0.29) is 0 Å². The Morgan fingerprint density at radius 3 is 1.90 bits per heavy atom. The van der Waals surface area contributed by atoms with Crippen LogP contribution in [0.2, 0.25) is 0 Å². The molecule has 0 unspecified atom stereocenters. The van der Waals surface area contributed by atoms with Crippen LogP contribution >= 0.6 is 0 Å². The Hall–Kier alpha value is -7.82. The third-order valence-corrected chi connectivity index (χ3v) is 11.7. The van der Waals surface area contributed by atoms with Gasteiger partial charge in [-0.1, -0.05) is 152 Å². The van der Waals surface area contributed by atoms with Crippen molar-refractivity contribution in [3.05, 3.63) is 206 Å². The van der Waals surface area contributed by atoms with E-state index in [1.807, 2.05) is 0 Å². The second-order valence-corrected chi connectivity index (χ2v) is 15.0. The molecule has 4 nitrogen and oxygen atoms in total. The van der Waals surface area contributed by atoms with Gasteiger partial charge in [0.25, 0.3) is 0 Å². The fraction of sp³-hybridized carbons (Fsp3) is 0. The first-order valence-corrected chi connectivity index (χ1v) is 19.7. The number of hydrogen-bond donors (Lipinski definition) is 0. The van der Waals surface area contributed by atoms with E-state index in [1.165, 1.54) is 26.9 Å². The van der Waals surface area contributed by atoms with E-state index in [4.69, 9.17) is 9.97 Å². The van der Waals surface area contributed by atoms with Gasteiger partial charge in [0, 0.05) is 44.0 Å². The van der Waals surface area contributed by atoms with E-state index >= 15 is 0 Å². The standard InChI is InChI=1S/C54H34N4/c1-3-15-36(16-4-1)51-44-23-10-9-22-43(44)45-29-30-46-47-34-39(27-31-49(47)57(53(46)52(45)56-51)41-20-5-2-6-21-41)37-18-13-19-40(32-37)54-55-48-24-11-12-25-50(48)58(54)42-28-26-35-14-7-8-17-38(35)33-42/h1-34H. The molecule has 0 bridgehead atoms. The Bertz CT molecular complexity index is 3560. The van der Waals surface area contributed by atoms with E-state index in [2.05, 4.69) is 215 Å². The number of imidazole rings is 1. The molecule has 0 aliphatic rings. The van der Waals surface area contributed by atoms with Crippen LogP contribution in [0.4, 0.5) is 0 Å². The van der Waals surface area contributed by atoms with Crippen LogP contribution in [-0.4, -0.2) is 19.1 Å². The molecule has 0 N–H and O–H groups in total.